The van der Waals surface area contributed by atoms with Crippen LogP contribution in [0.5, 0.6) is 5.88 Å². The molecule has 0 aliphatic carbocycles. The molecule has 1 fully saturated rings. The summed E-state index contributed by atoms with van der Waals surface area (Å²) in [5, 5.41) is 13.5. The van der Waals surface area contributed by atoms with Crippen LogP contribution in [0.15, 0.2) is 67.0 Å². The van der Waals surface area contributed by atoms with E-state index in [1.807, 2.05) is 4.57 Å². The lowest BCUT2D eigenvalue weighted by atomic mass is 10.0. The standard InChI is InChI=1S/C35H26F3N5O4S/c1-42-17-20(16-39-42)5-7-24-14-28(38)32(48-24)19-47-34-4-2-3-29(41-34)25-15-26(36)22(11-27(25)37)13-33-40-30-8-6-21(35(44)45)12-31(30)43(33)18-23-9-10-46-23/h2-4,6,8,11-12,14-17,23H,9-10,13,18-19H2,1H3,(H,44,45). The fraction of sp³-hybridized carbons (Fsp3) is 0.200. The van der Waals surface area contributed by atoms with Gasteiger partial charge in [-0.2, -0.15) is 5.10 Å². The molecular weight excluding hydrogens is 643 g/mol. The van der Waals surface area contributed by atoms with E-state index in [1.54, 1.807) is 42.3 Å². The smallest absolute Gasteiger partial charge is 0.335 e. The highest BCUT2D eigenvalue weighted by molar-refractivity contribution is 7.12. The highest BCUT2D eigenvalue weighted by Crippen LogP contribution is 2.30. The van der Waals surface area contributed by atoms with Crippen LogP contribution >= 0.6 is 11.3 Å². The summed E-state index contributed by atoms with van der Waals surface area (Å²) >= 11 is 1.15. The molecule has 13 heteroatoms. The molecule has 48 heavy (non-hydrogen) atoms. The Hall–Kier alpha value is -5.45. The number of halogens is 3. The molecule has 0 amide bonds. The van der Waals surface area contributed by atoms with E-state index in [9.17, 15) is 14.3 Å². The minimum Gasteiger partial charge on any atom is -0.478 e. The molecule has 0 saturated carbocycles. The molecule has 5 heterocycles. The van der Waals surface area contributed by atoms with Crippen molar-refractivity contribution in [3.63, 3.8) is 0 Å². The number of hydrogen-bond donors (Lipinski definition) is 1. The first-order valence-corrected chi connectivity index (χ1v) is 15.7. The van der Waals surface area contributed by atoms with E-state index in [1.165, 1.54) is 24.3 Å². The Balaban J connectivity index is 1.09. The molecule has 1 atom stereocenters. The third-order valence-corrected chi connectivity index (χ3v) is 8.88. The van der Waals surface area contributed by atoms with Crippen molar-refractivity contribution in [2.24, 2.45) is 7.05 Å². The number of aromatic nitrogens is 5. The molecule has 1 unspecified atom stereocenters. The van der Waals surface area contributed by atoms with Gasteiger partial charge in [0.2, 0.25) is 5.88 Å². The molecule has 242 valence electrons. The molecule has 0 bridgehead atoms. The fourth-order valence-electron chi connectivity index (χ4n) is 5.34. The maximum atomic E-state index is 15.6. The zero-order valence-corrected chi connectivity index (χ0v) is 26.2. The minimum absolute atomic E-state index is 0.0373. The van der Waals surface area contributed by atoms with Crippen LogP contribution in [0.25, 0.3) is 22.3 Å². The zero-order valence-electron chi connectivity index (χ0n) is 25.4. The molecule has 6 aromatic rings. The number of ether oxygens (including phenoxy) is 2. The third kappa shape index (κ3) is 6.53. The van der Waals surface area contributed by atoms with Gasteiger partial charge in [-0.05, 0) is 48.4 Å². The number of benzene rings is 2. The number of aromatic carboxylic acids is 1. The molecule has 1 aliphatic rings. The summed E-state index contributed by atoms with van der Waals surface area (Å²) < 4.78 is 60.5. The maximum Gasteiger partial charge on any atom is 0.335 e. The third-order valence-electron chi connectivity index (χ3n) is 7.88. The van der Waals surface area contributed by atoms with E-state index in [-0.39, 0.29) is 47.4 Å². The number of hydrogen-bond acceptors (Lipinski definition) is 7. The Morgan fingerprint density at radius 2 is 1.94 bits per heavy atom. The van der Waals surface area contributed by atoms with Crippen LogP contribution in [-0.4, -0.2) is 48.1 Å². The van der Waals surface area contributed by atoms with E-state index < -0.39 is 23.4 Å². The normalized spacial score (nSPS) is 14.0. The topological polar surface area (TPSA) is 104 Å². The Kier molecular flexibility index (Phi) is 8.43. The number of carboxylic acids is 1. The van der Waals surface area contributed by atoms with Crippen molar-refractivity contribution in [1.29, 1.82) is 0 Å². The van der Waals surface area contributed by atoms with Gasteiger partial charge in [0, 0.05) is 44.0 Å². The van der Waals surface area contributed by atoms with Crippen molar-refractivity contribution in [1.82, 2.24) is 24.3 Å². The number of pyridine rings is 1. The summed E-state index contributed by atoms with van der Waals surface area (Å²) in [5.41, 5.74) is 2.07. The fourth-order valence-corrected chi connectivity index (χ4v) is 6.14. The van der Waals surface area contributed by atoms with Crippen LogP contribution < -0.4 is 4.74 Å². The van der Waals surface area contributed by atoms with Crippen molar-refractivity contribution in [2.75, 3.05) is 6.61 Å². The molecule has 1 N–H and O–H groups in total. The van der Waals surface area contributed by atoms with Gasteiger partial charge < -0.3 is 19.1 Å². The van der Waals surface area contributed by atoms with Gasteiger partial charge in [0.05, 0.1) is 56.5 Å². The van der Waals surface area contributed by atoms with Crippen LogP contribution in [0.2, 0.25) is 0 Å². The summed E-state index contributed by atoms with van der Waals surface area (Å²) in [6.07, 6.45) is 4.08. The van der Waals surface area contributed by atoms with Gasteiger partial charge in [-0.3, -0.25) is 4.68 Å². The monoisotopic (exact) mass is 669 g/mol. The summed E-state index contributed by atoms with van der Waals surface area (Å²) in [4.78, 5) is 21.4. The Morgan fingerprint density at radius 3 is 2.69 bits per heavy atom. The van der Waals surface area contributed by atoms with E-state index in [2.05, 4.69) is 26.9 Å². The second-order valence-corrected chi connectivity index (χ2v) is 12.3. The first kappa shape index (κ1) is 31.2. The molecular formula is C35H26F3N5O4S. The predicted molar refractivity (Wildman–Crippen MR) is 171 cm³/mol. The SMILES string of the molecule is Cn1cc(C#Cc2cc(F)c(COc3cccc(-c4cc(F)c(Cc5nc6ccc(C(=O)O)cc6n5CC5CCO5)cc4F)n3)s2)cn1. The first-order chi connectivity index (χ1) is 23.2. The van der Waals surface area contributed by atoms with Gasteiger partial charge in [-0.15, -0.1) is 11.3 Å². The molecule has 4 aromatic heterocycles. The largest absolute Gasteiger partial charge is 0.478 e. The average molecular weight is 670 g/mol. The molecule has 0 spiro atoms. The molecule has 0 radical (unpaired) electrons. The van der Waals surface area contributed by atoms with Crippen LogP contribution in [0.1, 0.15) is 43.5 Å². The second kappa shape index (κ2) is 13.0. The van der Waals surface area contributed by atoms with Gasteiger partial charge in [0.25, 0.3) is 0 Å². The van der Waals surface area contributed by atoms with Crippen LogP contribution in [0.4, 0.5) is 13.2 Å². The number of carboxylic acid groups (broad SMARTS) is 1. The van der Waals surface area contributed by atoms with Gasteiger partial charge in [0.1, 0.15) is 29.9 Å². The number of carbonyl (C=O) groups is 1. The summed E-state index contributed by atoms with van der Waals surface area (Å²) in [6, 6.07) is 12.8. The maximum absolute atomic E-state index is 15.6. The van der Waals surface area contributed by atoms with Crippen molar-refractivity contribution < 1.29 is 32.5 Å². The number of imidazole rings is 1. The molecule has 2 aromatic carbocycles. The first-order valence-electron chi connectivity index (χ1n) is 14.9. The zero-order chi connectivity index (χ0) is 33.4. The number of nitrogens with zero attached hydrogens (tertiary/aromatic N) is 5. The quantitative estimate of drug-likeness (QED) is 0.179. The van der Waals surface area contributed by atoms with Crippen LogP contribution in [-0.2, 0) is 31.4 Å². The lowest BCUT2D eigenvalue weighted by Crippen LogP contribution is -2.31. The molecule has 1 aliphatic heterocycles. The van der Waals surface area contributed by atoms with E-state index in [0.717, 1.165) is 29.9 Å². The van der Waals surface area contributed by atoms with Gasteiger partial charge in [-0.1, -0.05) is 17.9 Å². The molecule has 7 rings (SSSR count). The van der Waals surface area contributed by atoms with Crippen LogP contribution in [0.3, 0.4) is 0 Å². The predicted octanol–water partition coefficient (Wildman–Crippen LogP) is 6.37. The summed E-state index contributed by atoms with van der Waals surface area (Å²) in [6.45, 7) is 0.907. The van der Waals surface area contributed by atoms with Gasteiger partial charge in [-0.25, -0.2) is 27.9 Å². The number of thiophene rings is 1. The minimum atomic E-state index is -1.08. The van der Waals surface area contributed by atoms with E-state index in [4.69, 9.17) is 9.47 Å². The Bertz CT molecular complexity index is 2250. The molecule has 1 saturated heterocycles. The van der Waals surface area contributed by atoms with E-state index in [0.29, 0.717) is 45.3 Å². The number of rotatable bonds is 9. The summed E-state index contributed by atoms with van der Waals surface area (Å²) in [5.74, 6) is 3.52. The van der Waals surface area contributed by atoms with Crippen LogP contribution in [0, 0.1) is 29.3 Å². The highest BCUT2D eigenvalue weighted by atomic mass is 32.1. The van der Waals surface area contributed by atoms with Crippen molar-refractivity contribution in [2.45, 2.75) is 32.1 Å². The average Bonchev–Trinajstić information content (AvgIpc) is 3.73. The lowest BCUT2D eigenvalue weighted by molar-refractivity contribution is -0.0589. The van der Waals surface area contributed by atoms with Crippen molar-refractivity contribution in [3.05, 3.63) is 117 Å². The lowest BCUT2D eigenvalue weighted by Gasteiger charge is -2.27. The van der Waals surface area contributed by atoms with E-state index >= 15 is 8.78 Å². The second-order valence-electron chi connectivity index (χ2n) is 11.2. The van der Waals surface area contributed by atoms with Gasteiger partial charge >= 0.3 is 5.97 Å². The van der Waals surface area contributed by atoms with Crippen molar-refractivity contribution >= 4 is 28.3 Å². The van der Waals surface area contributed by atoms with Crippen molar-refractivity contribution in [3.8, 4) is 29.0 Å². The molecule has 9 nitrogen and oxygen atoms in total. The Morgan fingerprint density at radius 1 is 1.08 bits per heavy atom. The number of aryl methyl sites for hydroxylation is 1. The summed E-state index contributed by atoms with van der Waals surface area (Å²) in [7, 11) is 1.78. The number of fused-ring (bicyclic) bond motifs is 1. The highest BCUT2D eigenvalue weighted by Gasteiger charge is 2.24. The van der Waals surface area contributed by atoms with Gasteiger partial charge in [0.15, 0.2) is 0 Å². The Labute approximate surface area is 276 Å².